The topological polar surface area (TPSA) is 94.5 Å². The van der Waals surface area contributed by atoms with E-state index in [2.05, 4.69) is 9.88 Å². The van der Waals surface area contributed by atoms with Crippen LogP contribution in [0.3, 0.4) is 0 Å². The molecule has 0 saturated carbocycles. The number of aliphatic hydroxyl groups excluding tert-OH is 1. The number of ether oxygens (including phenoxy) is 1. The molecule has 1 atom stereocenters. The lowest BCUT2D eigenvalue weighted by molar-refractivity contribution is 0.0933. The van der Waals surface area contributed by atoms with Gasteiger partial charge in [-0.1, -0.05) is 18.2 Å². The minimum absolute atomic E-state index is 0.0794. The van der Waals surface area contributed by atoms with E-state index in [0.29, 0.717) is 22.9 Å². The Kier molecular flexibility index (Phi) is 5.38. The number of aryl methyl sites for hydroxylation is 2. The van der Waals surface area contributed by atoms with Gasteiger partial charge in [-0.2, -0.15) is 4.98 Å². The van der Waals surface area contributed by atoms with Crippen molar-refractivity contribution in [3.63, 3.8) is 0 Å². The highest BCUT2D eigenvalue weighted by Crippen LogP contribution is 2.24. The van der Waals surface area contributed by atoms with Crippen LogP contribution in [0, 0.1) is 6.92 Å². The molecule has 1 aromatic carbocycles. The van der Waals surface area contributed by atoms with Gasteiger partial charge < -0.3 is 19.3 Å². The number of anilines is 1. The Bertz CT molecular complexity index is 1190. The Morgan fingerprint density at radius 1 is 1.13 bits per heavy atom. The first-order valence-corrected chi connectivity index (χ1v) is 10.2. The number of para-hydroxylation sites is 1. The highest BCUT2D eigenvalue weighted by molar-refractivity contribution is 5.74. The Labute approximate surface area is 173 Å². The fraction of sp³-hybridized carbons (Fsp3) is 0.476. The molecule has 1 aliphatic rings. The van der Waals surface area contributed by atoms with Gasteiger partial charge in [-0.25, -0.2) is 4.79 Å². The van der Waals surface area contributed by atoms with Crippen LogP contribution >= 0.6 is 0 Å². The summed E-state index contributed by atoms with van der Waals surface area (Å²) in [6, 6.07) is 7.61. The van der Waals surface area contributed by atoms with E-state index < -0.39 is 17.4 Å². The smallest absolute Gasteiger partial charge is 0.332 e. The number of hydrogen-bond donors (Lipinski definition) is 1. The fourth-order valence-electron chi connectivity index (χ4n) is 3.93. The summed E-state index contributed by atoms with van der Waals surface area (Å²) in [7, 11) is 3.06. The number of aliphatic hydroxyl groups is 1. The zero-order chi connectivity index (χ0) is 21.4. The SMILES string of the molecule is Cc1ccccc1OC[C@@H](O)Cn1c(N2CCCC2)nc2c1c(=O)n(C)c(=O)n2C. The highest BCUT2D eigenvalue weighted by atomic mass is 16.5. The van der Waals surface area contributed by atoms with Crippen molar-refractivity contribution in [3.05, 3.63) is 50.7 Å². The fourth-order valence-corrected chi connectivity index (χ4v) is 3.93. The summed E-state index contributed by atoms with van der Waals surface area (Å²) >= 11 is 0. The Balaban J connectivity index is 1.71. The molecule has 1 aliphatic heterocycles. The van der Waals surface area contributed by atoms with Gasteiger partial charge in [0.15, 0.2) is 11.2 Å². The zero-order valence-corrected chi connectivity index (χ0v) is 17.5. The molecule has 0 radical (unpaired) electrons. The van der Waals surface area contributed by atoms with Gasteiger partial charge in [0.2, 0.25) is 5.95 Å². The maximum atomic E-state index is 12.9. The van der Waals surface area contributed by atoms with E-state index >= 15 is 0 Å². The van der Waals surface area contributed by atoms with Crippen LogP contribution in [-0.2, 0) is 20.6 Å². The quantitative estimate of drug-likeness (QED) is 0.642. The van der Waals surface area contributed by atoms with Crippen LogP contribution < -0.4 is 20.9 Å². The van der Waals surface area contributed by atoms with Gasteiger partial charge in [-0.3, -0.25) is 13.9 Å². The van der Waals surface area contributed by atoms with Gasteiger partial charge in [-0.15, -0.1) is 0 Å². The third kappa shape index (κ3) is 3.49. The molecule has 3 aromatic rings. The Morgan fingerprint density at radius 3 is 2.53 bits per heavy atom. The number of aromatic nitrogens is 4. The van der Waals surface area contributed by atoms with E-state index in [1.54, 1.807) is 11.6 Å². The number of imidazole rings is 1. The largest absolute Gasteiger partial charge is 0.491 e. The van der Waals surface area contributed by atoms with Gasteiger partial charge in [0.25, 0.3) is 5.56 Å². The molecule has 0 aliphatic carbocycles. The van der Waals surface area contributed by atoms with Gasteiger partial charge in [0, 0.05) is 27.2 Å². The second kappa shape index (κ2) is 7.98. The normalized spacial score (nSPS) is 15.1. The second-order valence-electron chi connectivity index (χ2n) is 7.82. The van der Waals surface area contributed by atoms with E-state index in [1.165, 1.54) is 11.6 Å². The average Bonchev–Trinajstić information content (AvgIpc) is 3.38. The lowest BCUT2D eigenvalue weighted by atomic mass is 10.2. The molecular formula is C21H27N5O4. The van der Waals surface area contributed by atoms with E-state index in [1.807, 2.05) is 31.2 Å². The molecular weight excluding hydrogens is 386 g/mol. The average molecular weight is 413 g/mol. The summed E-state index contributed by atoms with van der Waals surface area (Å²) in [6.07, 6.45) is 1.23. The number of benzene rings is 1. The van der Waals surface area contributed by atoms with Crippen molar-refractivity contribution in [2.24, 2.45) is 14.1 Å². The molecule has 0 unspecified atom stereocenters. The van der Waals surface area contributed by atoms with Gasteiger partial charge in [-0.05, 0) is 31.4 Å². The number of fused-ring (bicyclic) bond motifs is 1. The number of rotatable bonds is 6. The molecule has 0 spiro atoms. The second-order valence-corrected chi connectivity index (χ2v) is 7.82. The first-order chi connectivity index (χ1) is 14.4. The van der Waals surface area contributed by atoms with Crippen LogP contribution in [0.2, 0.25) is 0 Å². The van der Waals surface area contributed by atoms with E-state index in [-0.39, 0.29) is 13.2 Å². The van der Waals surface area contributed by atoms with Gasteiger partial charge in [0.1, 0.15) is 18.5 Å². The minimum Gasteiger partial charge on any atom is -0.491 e. The van der Waals surface area contributed by atoms with Gasteiger partial charge >= 0.3 is 5.69 Å². The van der Waals surface area contributed by atoms with Crippen LogP contribution in [0.1, 0.15) is 18.4 Å². The lowest BCUT2D eigenvalue weighted by Gasteiger charge is -2.20. The molecule has 3 heterocycles. The molecule has 1 saturated heterocycles. The predicted molar refractivity (Wildman–Crippen MR) is 114 cm³/mol. The predicted octanol–water partition coefficient (Wildman–Crippen LogP) is 0.782. The third-order valence-corrected chi connectivity index (χ3v) is 5.63. The Hall–Kier alpha value is -3.07. The van der Waals surface area contributed by atoms with Crippen molar-refractivity contribution >= 4 is 17.1 Å². The molecule has 30 heavy (non-hydrogen) atoms. The van der Waals surface area contributed by atoms with Crippen molar-refractivity contribution in [2.75, 3.05) is 24.6 Å². The summed E-state index contributed by atoms with van der Waals surface area (Å²) in [5.41, 5.74) is 0.791. The summed E-state index contributed by atoms with van der Waals surface area (Å²) < 4.78 is 9.97. The van der Waals surface area contributed by atoms with Crippen LogP contribution in [0.5, 0.6) is 5.75 Å². The molecule has 0 bridgehead atoms. The van der Waals surface area contributed by atoms with Crippen LogP contribution in [0.15, 0.2) is 33.9 Å². The van der Waals surface area contributed by atoms with E-state index in [9.17, 15) is 14.7 Å². The maximum Gasteiger partial charge on any atom is 0.332 e. The van der Waals surface area contributed by atoms with E-state index in [4.69, 9.17) is 4.74 Å². The summed E-state index contributed by atoms with van der Waals surface area (Å²) in [6.45, 7) is 3.82. The lowest BCUT2D eigenvalue weighted by Crippen LogP contribution is -2.38. The van der Waals surface area contributed by atoms with Crippen molar-refractivity contribution in [1.29, 1.82) is 0 Å². The summed E-state index contributed by atoms with van der Waals surface area (Å²) in [5, 5.41) is 10.7. The molecule has 2 aromatic heterocycles. The molecule has 9 heteroatoms. The molecule has 160 valence electrons. The zero-order valence-electron chi connectivity index (χ0n) is 17.5. The highest BCUT2D eigenvalue weighted by Gasteiger charge is 2.25. The minimum atomic E-state index is -0.856. The summed E-state index contributed by atoms with van der Waals surface area (Å²) in [4.78, 5) is 32.0. The van der Waals surface area contributed by atoms with Crippen molar-refractivity contribution in [2.45, 2.75) is 32.4 Å². The van der Waals surface area contributed by atoms with Crippen LogP contribution in [0.25, 0.3) is 11.2 Å². The van der Waals surface area contributed by atoms with Crippen molar-refractivity contribution in [3.8, 4) is 5.75 Å². The first kappa shape index (κ1) is 20.2. The molecule has 9 nitrogen and oxygen atoms in total. The third-order valence-electron chi connectivity index (χ3n) is 5.63. The standard InChI is InChI=1S/C21H27N5O4/c1-14-8-4-5-9-16(14)30-13-15(27)12-26-17-18(22-20(26)25-10-6-7-11-25)23(2)21(29)24(3)19(17)28/h4-5,8-9,15,27H,6-7,10-13H2,1-3H3/t15-/m0/s1. The molecule has 0 amide bonds. The van der Waals surface area contributed by atoms with Crippen molar-refractivity contribution < 1.29 is 9.84 Å². The Morgan fingerprint density at radius 2 is 1.83 bits per heavy atom. The number of hydrogen-bond acceptors (Lipinski definition) is 6. The summed E-state index contributed by atoms with van der Waals surface area (Å²) in [5.74, 6) is 1.32. The van der Waals surface area contributed by atoms with Crippen LogP contribution in [-0.4, -0.2) is 49.6 Å². The van der Waals surface area contributed by atoms with Crippen molar-refractivity contribution in [1.82, 2.24) is 18.7 Å². The van der Waals surface area contributed by atoms with Crippen LogP contribution in [0.4, 0.5) is 5.95 Å². The molecule has 1 N–H and O–H groups in total. The first-order valence-electron chi connectivity index (χ1n) is 10.2. The molecule has 1 fully saturated rings. The van der Waals surface area contributed by atoms with Gasteiger partial charge in [0.05, 0.1) is 6.54 Å². The molecule has 4 rings (SSSR count). The maximum absolute atomic E-state index is 12.9. The monoisotopic (exact) mass is 413 g/mol. The number of nitrogens with zero attached hydrogens (tertiary/aromatic N) is 5. The van der Waals surface area contributed by atoms with E-state index in [0.717, 1.165) is 36.1 Å².